The second-order valence-electron chi connectivity index (χ2n) is 9.06. The van der Waals surface area contributed by atoms with Gasteiger partial charge in [0.05, 0.1) is 16.8 Å². The number of benzene rings is 2. The summed E-state index contributed by atoms with van der Waals surface area (Å²) >= 11 is 0. The fourth-order valence-corrected chi connectivity index (χ4v) is 5.88. The van der Waals surface area contributed by atoms with Crippen molar-refractivity contribution in [1.82, 2.24) is 14.2 Å². The van der Waals surface area contributed by atoms with Crippen molar-refractivity contribution < 1.29 is 13.2 Å². The van der Waals surface area contributed by atoms with Crippen molar-refractivity contribution in [2.24, 2.45) is 5.73 Å². The number of aromatic amines is 1. The van der Waals surface area contributed by atoms with Gasteiger partial charge in [0.2, 0.25) is 10.0 Å². The molecule has 0 radical (unpaired) electrons. The number of nitrogens with one attached hydrogen (secondary N) is 1. The molecule has 2 heterocycles. The Morgan fingerprint density at radius 1 is 1.12 bits per heavy atom. The number of sulfonamides is 1. The summed E-state index contributed by atoms with van der Waals surface area (Å²) in [6.07, 6.45) is 3.46. The number of nitrogens with two attached hydrogens (primary N) is 1. The summed E-state index contributed by atoms with van der Waals surface area (Å²) in [6.45, 7) is 3.58. The third-order valence-electron chi connectivity index (χ3n) is 6.52. The minimum absolute atomic E-state index is 0.128. The van der Waals surface area contributed by atoms with Crippen molar-refractivity contribution in [2.75, 3.05) is 32.9 Å². The monoisotopic (exact) mass is 468 g/mol. The number of carbonyl (C=O) groups excluding carboxylic acids is 1. The van der Waals surface area contributed by atoms with Gasteiger partial charge < -0.3 is 15.6 Å². The van der Waals surface area contributed by atoms with Crippen LogP contribution in [0, 0.1) is 0 Å². The zero-order valence-corrected chi connectivity index (χ0v) is 20.3. The first-order valence-electron chi connectivity index (χ1n) is 11.4. The Kier molecular flexibility index (Phi) is 6.61. The van der Waals surface area contributed by atoms with Gasteiger partial charge in [-0.05, 0) is 74.2 Å². The standard InChI is InChI=1S/C25H32N4O3S/c1-4-33(31,32)29-11-9-19(10-12-29)23-15-27-24-21(23)13-20(14-22(24)25(26)30)18-7-5-17(6-8-18)16-28(2)3/h5-8,13-15,19,27H,4,9-12,16H2,1-3H3,(H2,26,30). The Labute approximate surface area is 195 Å². The third kappa shape index (κ3) is 4.83. The number of rotatable bonds is 7. The molecule has 0 bridgehead atoms. The number of amides is 1. The molecule has 0 unspecified atom stereocenters. The molecule has 0 aliphatic carbocycles. The van der Waals surface area contributed by atoms with Crippen molar-refractivity contribution in [3.05, 3.63) is 59.3 Å². The van der Waals surface area contributed by atoms with Gasteiger partial charge in [0.15, 0.2) is 0 Å². The van der Waals surface area contributed by atoms with E-state index in [-0.39, 0.29) is 11.7 Å². The first-order valence-corrected chi connectivity index (χ1v) is 13.0. The maximum absolute atomic E-state index is 12.3. The smallest absolute Gasteiger partial charge is 0.250 e. The predicted octanol–water partition coefficient (Wildman–Crippen LogP) is 3.52. The molecule has 176 valence electrons. The Hall–Kier alpha value is -2.68. The van der Waals surface area contributed by atoms with Crippen molar-refractivity contribution >= 4 is 26.8 Å². The minimum atomic E-state index is -3.17. The molecular weight excluding hydrogens is 436 g/mol. The molecule has 7 nitrogen and oxygen atoms in total. The maximum Gasteiger partial charge on any atom is 0.250 e. The molecule has 0 spiro atoms. The molecule has 1 amide bonds. The van der Waals surface area contributed by atoms with Crippen LogP contribution in [-0.4, -0.2) is 61.5 Å². The maximum atomic E-state index is 12.3. The quantitative estimate of drug-likeness (QED) is 0.554. The SMILES string of the molecule is CCS(=O)(=O)N1CCC(c2c[nH]c3c(C(N)=O)cc(-c4ccc(CN(C)C)cc4)cc23)CC1. The van der Waals surface area contributed by atoms with Crippen molar-refractivity contribution in [2.45, 2.75) is 32.2 Å². The van der Waals surface area contributed by atoms with E-state index >= 15 is 0 Å². The fraction of sp³-hybridized carbons (Fsp3) is 0.400. The Bertz CT molecular complexity index is 1250. The molecule has 1 aliphatic heterocycles. The number of hydrogen-bond donors (Lipinski definition) is 2. The Morgan fingerprint density at radius 3 is 2.36 bits per heavy atom. The zero-order valence-electron chi connectivity index (χ0n) is 19.5. The van der Waals surface area contributed by atoms with Gasteiger partial charge in [-0.2, -0.15) is 0 Å². The first kappa shape index (κ1) is 23.5. The van der Waals surface area contributed by atoms with E-state index in [1.54, 1.807) is 11.2 Å². The molecule has 33 heavy (non-hydrogen) atoms. The number of nitrogens with zero attached hydrogens (tertiary/aromatic N) is 2. The van der Waals surface area contributed by atoms with Crippen LogP contribution in [0.2, 0.25) is 0 Å². The molecule has 1 saturated heterocycles. The van der Waals surface area contributed by atoms with Crippen LogP contribution in [0.25, 0.3) is 22.0 Å². The van der Waals surface area contributed by atoms with E-state index in [4.69, 9.17) is 5.73 Å². The van der Waals surface area contributed by atoms with Crippen LogP contribution in [-0.2, 0) is 16.6 Å². The van der Waals surface area contributed by atoms with E-state index in [1.807, 2.05) is 26.4 Å². The summed E-state index contributed by atoms with van der Waals surface area (Å²) in [5, 5.41) is 0.982. The van der Waals surface area contributed by atoms with E-state index in [9.17, 15) is 13.2 Å². The molecule has 0 atom stereocenters. The van der Waals surface area contributed by atoms with Crippen molar-refractivity contribution in [3.8, 4) is 11.1 Å². The summed E-state index contributed by atoms with van der Waals surface area (Å²) in [4.78, 5) is 17.6. The number of primary amides is 1. The number of H-pyrrole nitrogens is 1. The second-order valence-corrected chi connectivity index (χ2v) is 11.3. The summed E-state index contributed by atoms with van der Waals surface area (Å²) in [7, 11) is 0.910. The van der Waals surface area contributed by atoms with E-state index in [2.05, 4.69) is 40.2 Å². The number of piperidine rings is 1. The van der Waals surface area contributed by atoms with Gasteiger partial charge in [-0.3, -0.25) is 4.79 Å². The molecule has 0 saturated carbocycles. The van der Waals surface area contributed by atoms with Gasteiger partial charge in [-0.1, -0.05) is 24.3 Å². The lowest BCUT2D eigenvalue weighted by molar-refractivity contribution is 0.100. The summed E-state index contributed by atoms with van der Waals surface area (Å²) in [5.41, 5.74) is 11.3. The molecule has 3 aromatic rings. The lowest BCUT2D eigenvalue weighted by Gasteiger charge is -2.31. The van der Waals surface area contributed by atoms with Gasteiger partial charge in [0.25, 0.3) is 5.91 Å². The lowest BCUT2D eigenvalue weighted by atomic mass is 9.88. The van der Waals surface area contributed by atoms with Crippen LogP contribution in [0.4, 0.5) is 0 Å². The average molecular weight is 469 g/mol. The Balaban J connectivity index is 1.69. The van der Waals surface area contributed by atoms with Gasteiger partial charge in [0.1, 0.15) is 0 Å². The van der Waals surface area contributed by atoms with E-state index < -0.39 is 15.9 Å². The molecule has 1 aliphatic rings. The summed E-state index contributed by atoms with van der Waals surface area (Å²) in [5.74, 6) is -0.118. The zero-order chi connectivity index (χ0) is 23.8. The van der Waals surface area contributed by atoms with Crippen LogP contribution in [0.15, 0.2) is 42.6 Å². The van der Waals surface area contributed by atoms with E-state index in [1.165, 1.54) is 5.56 Å². The van der Waals surface area contributed by atoms with Crippen molar-refractivity contribution in [3.63, 3.8) is 0 Å². The summed E-state index contributed by atoms with van der Waals surface area (Å²) < 4.78 is 26.1. The van der Waals surface area contributed by atoms with E-state index in [0.29, 0.717) is 18.7 Å². The topological polar surface area (TPSA) is 99.5 Å². The molecular formula is C25H32N4O3S. The molecule has 1 aromatic heterocycles. The lowest BCUT2D eigenvalue weighted by Crippen LogP contribution is -2.38. The van der Waals surface area contributed by atoms with Crippen LogP contribution in [0.5, 0.6) is 0 Å². The molecule has 4 rings (SSSR count). The minimum Gasteiger partial charge on any atom is -0.366 e. The highest BCUT2D eigenvalue weighted by atomic mass is 32.2. The summed E-state index contributed by atoms with van der Waals surface area (Å²) in [6, 6.07) is 12.3. The van der Waals surface area contributed by atoms with Crippen molar-refractivity contribution in [1.29, 1.82) is 0 Å². The van der Waals surface area contributed by atoms with Gasteiger partial charge >= 0.3 is 0 Å². The molecule has 2 aromatic carbocycles. The molecule has 3 N–H and O–H groups in total. The van der Waals surface area contributed by atoms with Crippen LogP contribution >= 0.6 is 0 Å². The van der Waals surface area contributed by atoms with Crippen LogP contribution < -0.4 is 5.73 Å². The van der Waals surface area contributed by atoms with Gasteiger partial charge in [0, 0.05) is 31.2 Å². The highest BCUT2D eigenvalue weighted by Gasteiger charge is 2.29. The largest absolute Gasteiger partial charge is 0.366 e. The van der Waals surface area contributed by atoms with Crippen LogP contribution in [0.1, 0.15) is 47.2 Å². The van der Waals surface area contributed by atoms with Gasteiger partial charge in [-0.25, -0.2) is 12.7 Å². The number of fused-ring (bicyclic) bond motifs is 1. The predicted molar refractivity (Wildman–Crippen MR) is 133 cm³/mol. The number of carbonyl (C=O) groups is 1. The van der Waals surface area contributed by atoms with Crippen LogP contribution in [0.3, 0.4) is 0 Å². The molecule has 8 heteroatoms. The first-order chi connectivity index (χ1) is 15.7. The normalized spacial score (nSPS) is 16.0. The molecule has 1 fully saturated rings. The number of aromatic nitrogens is 1. The second kappa shape index (κ2) is 9.29. The average Bonchev–Trinajstić information content (AvgIpc) is 3.22. The number of hydrogen-bond acceptors (Lipinski definition) is 4. The third-order valence-corrected chi connectivity index (χ3v) is 8.41. The van der Waals surface area contributed by atoms with Gasteiger partial charge in [-0.15, -0.1) is 0 Å². The highest BCUT2D eigenvalue weighted by Crippen LogP contribution is 2.37. The highest BCUT2D eigenvalue weighted by molar-refractivity contribution is 7.89. The van der Waals surface area contributed by atoms with E-state index in [0.717, 1.165) is 47.0 Å². The fourth-order valence-electron chi connectivity index (χ4n) is 4.75. The Morgan fingerprint density at radius 2 is 1.79 bits per heavy atom.